The third-order valence-corrected chi connectivity index (χ3v) is 4.19. The molecule has 0 saturated heterocycles. The van der Waals surface area contributed by atoms with Crippen molar-refractivity contribution in [2.75, 3.05) is 6.61 Å². The molecule has 2 aromatic rings. The van der Waals surface area contributed by atoms with Crippen LogP contribution in [0.1, 0.15) is 18.1 Å². The number of esters is 1. The lowest BCUT2D eigenvalue weighted by molar-refractivity contribution is -0.148. The number of carbonyl (C=O) groups is 1. The molecule has 31 heavy (non-hydrogen) atoms. The molecule has 0 aliphatic carbocycles. The molecular weight excluding hydrogens is 452 g/mol. The maximum atomic E-state index is 14.3. The zero-order valence-electron chi connectivity index (χ0n) is 15.0. The Balaban J connectivity index is 2.98. The van der Waals surface area contributed by atoms with Crippen LogP contribution < -0.4 is 0 Å². The van der Waals surface area contributed by atoms with Crippen molar-refractivity contribution in [1.82, 2.24) is 0 Å². The molecule has 0 bridgehead atoms. The fourth-order valence-corrected chi connectivity index (χ4v) is 2.71. The smallest absolute Gasteiger partial charge is 0.331 e. The lowest BCUT2D eigenvalue weighted by Gasteiger charge is -2.26. The van der Waals surface area contributed by atoms with Crippen LogP contribution in [-0.4, -0.2) is 12.6 Å². The minimum Gasteiger partial charge on any atom is -0.465 e. The lowest BCUT2D eigenvalue weighted by atomic mass is 9.75. The molecule has 2 aromatic carbocycles. The van der Waals surface area contributed by atoms with Crippen molar-refractivity contribution < 1.29 is 53.4 Å². The van der Waals surface area contributed by atoms with E-state index in [4.69, 9.17) is 0 Å². The molecule has 3 nitrogen and oxygen atoms in total. The molecule has 0 saturated carbocycles. The van der Waals surface area contributed by atoms with Crippen molar-refractivity contribution in [2.45, 2.75) is 18.8 Å². The predicted molar refractivity (Wildman–Crippen MR) is 80.1 cm³/mol. The molecule has 1 atom stereocenters. The number of rotatable bonds is 5. The van der Waals surface area contributed by atoms with Gasteiger partial charge < -0.3 is 4.74 Å². The Morgan fingerprint density at radius 1 is 0.742 bits per heavy atom. The Morgan fingerprint density at radius 3 is 1.45 bits per heavy atom. The van der Waals surface area contributed by atoms with Crippen molar-refractivity contribution in [3.8, 4) is 6.07 Å². The molecule has 0 spiro atoms. The van der Waals surface area contributed by atoms with E-state index >= 15 is 0 Å². The van der Waals surface area contributed by atoms with Crippen molar-refractivity contribution in [3.63, 3.8) is 0 Å². The maximum Gasteiger partial charge on any atom is 0.331 e. The Bertz CT molecular complexity index is 1070. The van der Waals surface area contributed by atoms with Gasteiger partial charge in [0.05, 0.1) is 18.2 Å². The van der Waals surface area contributed by atoms with Crippen LogP contribution in [0.3, 0.4) is 0 Å². The summed E-state index contributed by atoms with van der Waals surface area (Å²) in [6.07, 6.45) is -2.02. The van der Waals surface area contributed by atoms with Gasteiger partial charge in [0.15, 0.2) is 52.0 Å². The van der Waals surface area contributed by atoms with Gasteiger partial charge in [0.1, 0.15) is 0 Å². The predicted octanol–water partition coefficient (Wildman–Crippen LogP) is 4.64. The van der Waals surface area contributed by atoms with Crippen molar-refractivity contribution in [3.05, 3.63) is 69.3 Å². The van der Waals surface area contributed by atoms with Gasteiger partial charge in [-0.3, -0.25) is 0 Å². The summed E-state index contributed by atoms with van der Waals surface area (Å²) < 4.78 is 142. The minimum absolute atomic E-state index is 0.658. The van der Waals surface area contributed by atoms with Crippen molar-refractivity contribution >= 4 is 5.97 Å². The lowest BCUT2D eigenvalue weighted by Crippen LogP contribution is -2.41. The van der Waals surface area contributed by atoms with Gasteiger partial charge >= 0.3 is 5.97 Å². The first-order valence-corrected chi connectivity index (χ1v) is 7.97. The highest BCUT2D eigenvalue weighted by molar-refractivity contribution is 5.87. The summed E-state index contributed by atoms with van der Waals surface area (Å²) >= 11 is 0. The highest BCUT2D eigenvalue weighted by Crippen LogP contribution is 2.38. The second kappa shape index (κ2) is 8.44. The number of benzene rings is 2. The summed E-state index contributed by atoms with van der Waals surface area (Å²) in [5.74, 6) is -28.4. The third kappa shape index (κ3) is 3.55. The van der Waals surface area contributed by atoms with E-state index in [2.05, 4.69) is 4.74 Å². The summed E-state index contributed by atoms with van der Waals surface area (Å²) in [4.78, 5) is 12.3. The molecule has 0 heterocycles. The third-order valence-electron chi connectivity index (χ3n) is 4.19. The van der Waals surface area contributed by atoms with E-state index in [1.54, 1.807) is 0 Å². The van der Waals surface area contributed by atoms with Gasteiger partial charge in [-0.2, -0.15) is 5.26 Å². The van der Waals surface area contributed by atoms with Gasteiger partial charge in [0.25, 0.3) is 0 Å². The average molecular weight is 459 g/mol. The summed E-state index contributed by atoms with van der Waals surface area (Å²) in [6, 6.07) is 0.846. The zero-order valence-corrected chi connectivity index (χ0v) is 15.0. The van der Waals surface area contributed by atoms with E-state index in [-0.39, 0.29) is 0 Å². The summed E-state index contributed by atoms with van der Waals surface area (Å²) in [7, 11) is 0. The van der Waals surface area contributed by atoms with Crippen molar-refractivity contribution in [1.29, 1.82) is 5.26 Å². The van der Waals surface area contributed by atoms with E-state index in [9.17, 15) is 54.0 Å². The van der Waals surface area contributed by atoms with Crippen LogP contribution in [0.5, 0.6) is 0 Å². The first-order chi connectivity index (χ1) is 14.4. The first-order valence-electron chi connectivity index (χ1n) is 7.97. The molecule has 0 aliphatic heterocycles. The topological polar surface area (TPSA) is 50.1 Å². The standard InChI is InChI=1S/C18H7F10NO2/c1-2-31-17(30)18(4-29,6-9(21)13(25)16(28)14(26)10(6)22)3-5-7(19)11(23)15(27)12(24)8(5)20/h2-3H2,1H3. The molecule has 0 aliphatic rings. The molecule has 0 fully saturated rings. The summed E-state index contributed by atoms with van der Waals surface area (Å²) in [5, 5.41) is 9.43. The van der Waals surface area contributed by atoms with Crippen LogP contribution in [0.4, 0.5) is 43.9 Å². The number of halogens is 10. The Labute approximate surface area is 166 Å². The Hall–Kier alpha value is -3.30. The zero-order chi connectivity index (χ0) is 23.8. The van der Waals surface area contributed by atoms with Gasteiger partial charge in [-0.15, -0.1) is 0 Å². The maximum absolute atomic E-state index is 14.3. The van der Waals surface area contributed by atoms with Gasteiger partial charge in [0, 0.05) is 12.0 Å². The highest BCUT2D eigenvalue weighted by Gasteiger charge is 2.50. The fraction of sp³-hybridized carbons (Fsp3) is 0.222. The SMILES string of the molecule is CCOC(=O)C(C#N)(Cc1c(F)c(F)c(F)c(F)c1F)c1c(F)c(F)c(F)c(F)c1F. The van der Waals surface area contributed by atoms with E-state index in [0.29, 0.717) is 0 Å². The van der Waals surface area contributed by atoms with Crippen LogP contribution in [0.2, 0.25) is 0 Å². The second-order valence-electron chi connectivity index (χ2n) is 5.91. The largest absolute Gasteiger partial charge is 0.465 e. The number of nitrogens with zero attached hydrogens (tertiary/aromatic N) is 1. The van der Waals surface area contributed by atoms with Crippen LogP contribution >= 0.6 is 0 Å². The number of ether oxygens (including phenoxy) is 1. The Morgan fingerprint density at radius 2 is 1.10 bits per heavy atom. The van der Waals surface area contributed by atoms with E-state index in [1.165, 1.54) is 0 Å². The molecular formula is C18H7F10NO2. The van der Waals surface area contributed by atoms with Crippen LogP contribution in [0.25, 0.3) is 0 Å². The molecule has 2 rings (SSSR count). The molecule has 13 heteroatoms. The van der Waals surface area contributed by atoms with Crippen LogP contribution in [0.15, 0.2) is 0 Å². The van der Waals surface area contributed by atoms with Gasteiger partial charge in [0.2, 0.25) is 11.6 Å². The summed E-state index contributed by atoms with van der Waals surface area (Å²) in [6.45, 7) is 0.422. The van der Waals surface area contributed by atoms with Crippen LogP contribution in [0, 0.1) is 69.5 Å². The molecule has 166 valence electrons. The van der Waals surface area contributed by atoms with Crippen LogP contribution in [-0.2, 0) is 21.4 Å². The second-order valence-corrected chi connectivity index (χ2v) is 5.91. The monoisotopic (exact) mass is 459 g/mol. The van der Waals surface area contributed by atoms with E-state index in [1.807, 2.05) is 0 Å². The first kappa shape index (κ1) is 24.0. The van der Waals surface area contributed by atoms with Crippen molar-refractivity contribution in [2.24, 2.45) is 0 Å². The molecule has 0 aromatic heterocycles. The highest BCUT2D eigenvalue weighted by atomic mass is 19.2. The normalized spacial score (nSPS) is 13.0. The number of hydrogen-bond donors (Lipinski definition) is 0. The molecule has 0 radical (unpaired) electrons. The number of hydrogen-bond acceptors (Lipinski definition) is 3. The van der Waals surface area contributed by atoms with Gasteiger partial charge in [-0.25, -0.2) is 48.7 Å². The van der Waals surface area contributed by atoms with E-state index < -0.39 is 93.7 Å². The summed E-state index contributed by atoms with van der Waals surface area (Å²) in [5.41, 5.74) is -7.83. The average Bonchev–Trinajstić information content (AvgIpc) is 2.75. The van der Waals surface area contributed by atoms with Gasteiger partial charge in [-0.1, -0.05) is 0 Å². The Kier molecular flexibility index (Phi) is 6.53. The number of carbonyl (C=O) groups excluding carboxylic acids is 1. The minimum atomic E-state index is -3.72. The molecule has 1 unspecified atom stereocenters. The fourth-order valence-electron chi connectivity index (χ4n) is 2.71. The molecule has 0 amide bonds. The number of nitriles is 1. The quantitative estimate of drug-likeness (QED) is 0.283. The van der Waals surface area contributed by atoms with Gasteiger partial charge in [-0.05, 0) is 6.92 Å². The van der Waals surface area contributed by atoms with E-state index in [0.717, 1.165) is 13.0 Å². The molecule has 0 N–H and O–H groups in total.